The van der Waals surface area contributed by atoms with E-state index in [0.717, 1.165) is 21.6 Å². The van der Waals surface area contributed by atoms with Gasteiger partial charge in [-0.05, 0) is 41.9 Å². The summed E-state index contributed by atoms with van der Waals surface area (Å²) in [4.78, 5) is 5.53. The smallest absolute Gasteiger partial charge is 0.135 e. The molecule has 2 rings (SSSR count). The fourth-order valence-electron chi connectivity index (χ4n) is 1.79. The number of anilines is 1. The first-order chi connectivity index (χ1) is 8.61. The average molecular weight is 327 g/mol. The number of hydrogen-bond acceptors (Lipinski definition) is 4. The van der Waals surface area contributed by atoms with Crippen LogP contribution in [0, 0.1) is 6.92 Å². The molecule has 0 saturated carbocycles. The molecule has 1 aromatic carbocycles. The predicted octanol–water partition coefficient (Wildman–Crippen LogP) is 4.40. The molecule has 0 fully saturated rings. The van der Waals surface area contributed by atoms with E-state index < -0.39 is 0 Å². The lowest BCUT2D eigenvalue weighted by atomic mass is 10.2. The molecule has 0 spiro atoms. The molecule has 5 heteroatoms. The summed E-state index contributed by atoms with van der Waals surface area (Å²) in [6, 6.07) is 6.23. The molecule has 1 N–H and O–H groups in total. The van der Waals surface area contributed by atoms with Crippen LogP contribution in [0.5, 0.6) is 5.75 Å². The Hall–Kier alpha value is -1.07. The van der Waals surface area contributed by atoms with Gasteiger partial charge in [-0.25, -0.2) is 4.98 Å². The second kappa shape index (κ2) is 5.71. The quantitative estimate of drug-likeness (QED) is 0.904. The van der Waals surface area contributed by atoms with Gasteiger partial charge < -0.3 is 10.1 Å². The minimum atomic E-state index is 0.239. The van der Waals surface area contributed by atoms with Crippen molar-refractivity contribution in [3.05, 3.63) is 38.8 Å². The van der Waals surface area contributed by atoms with E-state index in [9.17, 15) is 0 Å². The summed E-state index contributed by atoms with van der Waals surface area (Å²) in [6.45, 7) is 4.17. The van der Waals surface area contributed by atoms with Crippen LogP contribution in [0.4, 0.5) is 5.69 Å². The van der Waals surface area contributed by atoms with Gasteiger partial charge in [0.15, 0.2) is 0 Å². The zero-order valence-corrected chi connectivity index (χ0v) is 12.9. The highest BCUT2D eigenvalue weighted by atomic mass is 79.9. The Kier molecular flexibility index (Phi) is 4.24. The van der Waals surface area contributed by atoms with Crippen molar-refractivity contribution >= 4 is 33.0 Å². The molecule has 1 heterocycles. The minimum Gasteiger partial charge on any atom is -0.495 e. The first-order valence-electron chi connectivity index (χ1n) is 5.62. The average Bonchev–Trinajstić information content (AvgIpc) is 2.78. The maximum absolute atomic E-state index is 5.29. The van der Waals surface area contributed by atoms with Crippen molar-refractivity contribution in [3.8, 4) is 5.75 Å². The molecular weight excluding hydrogens is 312 g/mol. The molecule has 0 aliphatic rings. The Morgan fingerprint density at radius 3 is 2.83 bits per heavy atom. The molecule has 96 valence electrons. The van der Waals surface area contributed by atoms with E-state index in [-0.39, 0.29) is 6.04 Å². The summed E-state index contributed by atoms with van der Waals surface area (Å²) in [6.07, 6.45) is 0. The molecule has 18 heavy (non-hydrogen) atoms. The van der Waals surface area contributed by atoms with Gasteiger partial charge in [0.25, 0.3) is 0 Å². The predicted molar refractivity (Wildman–Crippen MR) is 79.6 cm³/mol. The van der Waals surface area contributed by atoms with Crippen LogP contribution in [-0.4, -0.2) is 12.1 Å². The van der Waals surface area contributed by atoms with Crippen molar-refractivity contribution in [1.29, 1.82) is 0 Å². The van der Waals surface area contributed by atoms with Gasteiger partial charge in [0.1, 0.15) is 5.75 Å². The maximum Gasteiger partial charge on any atom is 0.135 e. The monoisotopic (exact) mass is 326 g/mol. The number of aryl methyl sites for hydroxylation is 1. The molecule has 3 nitrogen and oxygen atoms in total. The Morgan fingerprint density at radius 1 is 1.44 bits per heavy atom. The second-order valence-corrected chi connectivity index (χ2v) is 5.76. The van der Waals surface area contributed by atoms with Crippen molar-refractivity contribution in [2.24, 2.45) is 0 Å². The molecule has 0 saturated heterocycles. The topological polar surface area (TPSA) is 34.1 Å². The highest BCUT2D eigenvalue weighted by Gasteiger charge is 2.11. The van der Waals surface area contributed by atoms with E-state index >= 15 is 0 Å². The van der Waals surface area contributed by atoms with Crippen LogP contribution in [-0.2, 0) is 0 Å². The van der Waals surface area contributed by atoms with Gasteiger partial charge in [-0.15, -0.1) is 11.3 Å². The molecule has 0 radical (unpaired) electrons. The molecule has 0 amide bonds. The lowest BCUT2D eigenvalue weighted by Gasteiger charge is -2.15. The van der Waals surface area contributed by atoms with Crippen molar-refractivity contribution in [2.75, 3.05) is 12.4 Å². The Labute approximate surface area is 119 Å². The number of rotatable bonds is 4. The maximum atomic E-state index is 5.29. The summed E-state index contributed by atoms with van der Waals surface area (Å²) in [5, 5.41) is 3.46. The molecule has 1 aromatic heterocycles. The van der Waals surface area contributed by atoms with E-state index in [4.69, 9.17) is 4.74 Å². The van der Waals surface area contributed by atoms with E-state index in [1.54, 1.807) is 18.4 Å². The lowest BCUT2D eigenvalue weighted by Crippen LogP contribution is -2.06. The third-order valence-electron chi connectivity index (χ3n) is 2.71. The number of methoxy groups -OCH3 is 1. The summed E-state index contributed by atoms with van der Waals surface area (Å²) in [7, 11) is 1.67. The summed E-state index contributed by atoms with van der Waals surface area (Å²) in [5.41, 5.74) is 4.00. The number of nitrogens with zero attached hydrogens (tertiary/aromatic N) is 1. The molecule has 1 atom stereocenters. The van der Waals surface area contributed by atoms with E-state index in [1.807, 2.05) is 30.6 Å². The number of halogens is 1. The number of aromatic nitrogens is 1. The lowest BCUT2D eigenvalue weighted by molar-refractivity contribution is 0.412. The van der Waals surface area contributed by atoms with Crippen molar-refractivity contribution in [2.45, 2.75) is 19.9 Å². The zero-order valence-electron chi connectivity index (χ0n) is 10.5. The van der Waals surface area contributed by atoms with Gasteiger partial charge in [0.2, 0.25) is 0 Å². The third kappa shape index (κ3) is 2.84. The van der Waals surface area contributed by atoms with Gasteiger partial charge in [-0.2, -0.15) is 0 Å². The van der Waals surface area contributed by atoms with Gasteiger partial charge in [0.05, 0.1) is 28.8 Å². The Bertz CT molecular complexity index is 542. The fourth-order valence-corrected chi connectivity index (χ4v) is 3.01. The molecule has 0 aliphatic heterocycles. The van der Waals surface area contributed by atoms with Crippen LogP contribution < -0.4 is 10.1 Å². The zero-order chi connectivity index (χ0) is 13.1. The SMILES string of the molecule is COc1cc(NC(C)c2scnc2C)ccc1Br. The van der Waals surface area contributed by atoms with Crippen LogP contribution in [0.3, 0.4) is 0 Å². The van der Waals surface area contributed by atoms with E-state index in [2.05, 4.69) is 33.2 Å². The summed E-state index contributed by atoms with van der Waals surface area (Å²) in [5.74, 6) is 0.827. The Morgan fingerprint density at radius 2 is 2.22 bits per heavy atom. The number of hydrogen-bond donors (Lipinski definition) is 1. The van der Waals surface area contributed by atoms with Gasteiger partial charge >= 0.3 is 0 Å². The second-order valence-electron chi connectivity index (χ2n) is 4.02. The van der Waals surface area contributed by atoms with Crippen LogP contribution in [0.1, 0.15) is 23.5 Å². The highest BCUT2D eigenvalue weighted by molar-refractivity contribution is 9.10. The van der Waals surface area contributed by atoms with Gasteiger partial charge in [-0.1, -0.05) is 0 Å². The van der Waals surface area contributed by atoms with Crippen LogP contribution in [0.15, 0.2) is 28.2 Å². The van der Waals surface area contributed by atoms with E-state index in [1.165, 1.54) is 4.88 Å². The standard InChI is InChI=1S/C13H15BrN2OS/c1-8-13(18-7-15-8)9(2)16-10-4-5-11(14)12(6-10)17-3/h4-7,9,16H,1-3H3. The molecular formula is C13H15BrN2OS. The summed E-state index contributed by atoms with van der Waals surface area (Å²) < 4.78 is 6.24. The number of benzene rings is 1. The minimum absolute atomic E-state index is 0.239. The van der Waals surface area contributed by atoms with Crippen LogP contribution in [0.2, 0.25) is 0 Å². The summed E-state index contributed by atoms with van der Waals surface area (Å²) >= 11 is 5.12. The van der Waals surface area contributed by atoms with Gasteiger partial charge in [0, 0.05) is 16.6 Å². The highest BCUT2D eigenvalue weighted by Crippen LogP contribution is 2.30. The largest absolute Gasteiger partial charge is 0.495 e. The van der Waals surface area contributed by atoms with Crippen LogP contribution >= 0.6 is 27.3 Å². The van der Waals surface area contributed by atoms with Crippen molar-refractivity contribution < 1.29 is 4.74 Å². The first kappa shape index (κ1) is 13.4. The van der Waals surface area contributed by atoms with Crippen molar-refractivity contribution in [3.63, 3.8) is 0 Å². The fraction of sp³-hybridized carbons (Fsp3) is 0.308. The van der Waals surface area contributed by atoms with E-state index in [0.29, 0.717) is 0 Å². The van der Waals surface area contributed by atoms with Crippen molar-refractivity contribution in [1.82, 2.24) is 4.98 Å². The number of nitrogens with one attached hydrogen (secondary N) is 1. The van der Waals surface area contributed by atoms with Crippen LogP contribution in [0.25, 0.3) is 0 Å². The normalized spacial score (nSPS) is 12.2. The number of ether oxygens (including phenoxy) is 1. The van der Waals surface area contributed by atoms with Gasteiger partial charge in [-0.3, -0.25) is 0 Å². The first-order valence-corrected chi connectivity index (χ1v) is 7.29. The molecule has 1 unspecified atom stereocenters. The molecule has 0 bridgehead atoms. The Balaban J connectivity index is 2.17. The molecule has 0 aliphatic carbocycles. The molecule has 2 aromatic rings. The third-order valence-corrected chi connectivity index (χ3v) is 4.48. The number of thiazole rings is 1.